The van der Waals surface area contributed by atoms with Crippen molar-refractivity contribution in [2.24, 2.45) is 5.92 Å². The minimum Gasteiger partial charge on any atom is -0.337 e. The number of nitrogens with one attached hydrogen (secondary N) is 2. The predicted molar refractivity (Wildman–Crippen MR) is 83.2 cm³/mol. The molecule has 1 atom stereocenters. The second-order valence-corrected chi connectivity index (χ2v) is 5.72. The van der Waals surface area contributed by atoms with Crippen LogP contribution in [0.25, 0.3) is 11.4 Å². The van der Waals surface area contributed by atoms with E-state index in [4.69, 9.17) is 4.52 Å². The average molecular weight is 286 g/mol. The minimum absolute atomic E-state index is 0.516. The van der Waals surface area contributed by atoms with E-state index in [0.717, 1.165) is 25.2 Å². The van der Waals surface area contributed by atoms with Gasteiger partial charge >= 0.3 is 6.01 Å². The standard InChI is InChI=1S/C16H22N4O/c1-12-4-6-14(7-5-12)15-19-16(21-20-15)18-11-13-3-2-9-17-10-8-13/h4-7,13,17H,2-3,8-11H2,1H3,(H,18,19,20). The van der Waals surface area contributed by atoms with Crippen molar-refractivity contribution in [2.45, 2.75) is 26.2 Å². The minimum atomic E-state index is 0.516. The quantitative estimate of drug-likeness (QED) is 0.905. The fourth-order valence-corrected chi connectivity index (χ4v) is 2.64. The summed E-state index contributed by atoms with van der Waals surface area (Å²) in [6.07, 6.45) is 3.69. The van der Waals surface area contributed by atoms with Crippen molar-refractivity contribution >= 4 is 6.01 Å². The summed E-state index contributed by atoms with van der Waals surface area (Å²) in [5, 5.41) is 10.7. The van der Waals surface area contributed by atoms with E-state index in [9.17, 15) is 0 Å². The van der Waals surface area contributed by atoms with Crippen molar-refractivity contribution in [3.63, 3.8) is 0 Å². The number of aromatic nitrogens is 2. The van der Waals surface area contributed by atoms with Crippen molar-refractivity contribution in [1.29, 1.82) is 0 Å². The van der Waals surface area contributed by atoms with Crippen LogP contribution in [0.15, 0.2) is 28.8 Å². The van der Waals surface area contributed by atoms with Gasteiger partial charge in [0.2, 0.25) is 5.82 Å². The molecule has 2 heterocycles. The molecule has 2 N–H and O–H groups in total. The third kappa shape index (κ3) is 3.82. The smallest absolute Gasteiger partial charge is 0.321 e. The molecule has 3 rings (SSSR count). The van der Waals surface area contributed by atoms with Crippen LogP contribution in [-0.2, 0) is 0 Å². The molecule has 112 valence electrons. The molecular formula is C16H22N4O. The van der Waals surface area contributed by atoms with E-state index in [1.54, 1.807) is 0 Å². The largest absolute Gasteiger partial charge is 0.337 e. The Hall–Kier alpha value is -1.88. The van der Waals surface area contributed by atoms with Crippen molar-refractivity contribution in [2.75, 3.05) is 25.0 Å². The molecule has 21 heavy (non-hydrogen) atoms. The van der Waals surface area contributed by atoms with Crippen molar-refractivity contribution in [3.05, 3.63) is 29.8 Å². The van der Waals surface area contributed by atoms with Gasteiger partial charge in [-0.2, -0.15) is 4.98 Å². The Kier molecular flexibility index (Phi) is 4.50. The van der Waals surface area contributed by atoms with Crippen LogP contribution in [-0.4, -0.2) is 29.8 Å². The van der Waals surface area contributed by atoms with Gasteiger partial charge in [0.1, 0.15) is 0 Å². The van der Waals surface area contributed by atoms with E-state index >= 15 is 0 Å². The summed E-state index contributed by atoms with van der Waals surface area (Å²) in [5.41, 5.74) is 2.21. The van der Waals surface area contributed by atoms with E-state index in [-0.39, 0.29) is 0 Å². The van der Waals surface area contributed by atoms with Gasteiger partial charge in [-0.25, -0.2) is 0 Å². The second kappa shape index (κ2) is 6.72. The Bertz CT molecular complexity index is 556. The molecule has 5 heteroatoms. The first-order valence-corrected chi connectivity index (χ1v) is 7.66. The van der Waals surface area contributed by atoms with Gasteiger partial charge in [-0.05, 0) is 45.2 Å². The summed E-state index contributed by atoms with van der Waals surface area (Å²) >= 11 is 0. The lowest BCUT2D eigenvalue weighted by Crippen LogP contribution is -2.17. The highest BCUT2D eigenvalue weighted by atomic mass is 16.5. The molecule has 0 radical (unpaired) electrons. The molecule has 1 aromatic carbocycles. The Balaban J connectivity index is 1.58. The number of rotatable bonds is 4. The summed E-state index contributed by atoms with van der Waals surface area (Å²) < 4.78 is 5.28. The van der Waals surface area contributed by atoms with Crippen LogP contribution in [0.3, 0.4) is 0 Å². The Morgan fingerprint density at radius 1 is 1.24 bits per heavy atom. The monoisotopic (exact) mass is 286 g/mol. The van der Waals surface area contributed by atoms with Crippen LogP contribution in [0.5, 0.6) is 0 Å². The number of anilines is 1. The number of benzene rings is 1. The maximum atomic E-state index is 5.28. The SMILES string of the molecule is Cc1ccc(-c2noc(NCC3CCCNCC3)n2)cc1. The zero-order valence-electron chi connectivity index (χ0n) is 12.4. The summed E-state index contributed by atoms with van der Waals surface area (Å²) in [6.45, 7) is 5.20. The van der Waals surface area contributed by atoms with E-state index in [2.05, 4.69) is 39.8 Å². The summed E-state index contributed by atoms with van der Waals surface area (Å²) in [4.78, 5) is 4.41. The van der Waals surface area contributed by atoms with E-state index < -0.39 is 0 Å². The maximum absolute atomic E-state index is 5.28. The summed E-state index contributed by atoms with van der Waals surface area (Å²) in [7, 11) is 0. The number of hydrogen-bond acceptors (Lipinski definition) is 5. The summed E-state index contributed by atoms with van der Waals surface area (Å²) in [6, 6.07) is 8.65. The highest BCUT2D eigenvalue weighted by molar-refractivity contribution is 5.55. The lowest BCUT2D eigenvalue weighted by atomic mass is 10.0. The second-order valence-electron chi connectivity index (χ2n) is 5.72. The van der Waals surface area contributed by atoms with Gasteiger partial charge < -0.3 is 15.2 Å². The van der Waals surface area contributed by atoms with Gasteiger partial charge in [0.05, 0.1) is 0 Å². The van der Waals surface area contributed by atoms with Crippen LogP contribution >= 0.6 is 0 Å². The molecule has 0 saturated carbocycles. The fourth-order valence-electron chi connectivity index (χ4n) is 2.64. The van der Waals surface area contributed by atoms with Crippen LogP contribution < -0.4 is 10.6 Å². The number of aryl methyl sites for hydroxylation is 1. The Morgan fingerprint density at radius 2 is 2.10 bits per heavy atom. The van der Waals surface area contributed by atoms with Gasteiger partial charge in [-0.1, -0.05) is 35.0 Å². The zero-order valence-corrected chi connectivity index (χ0v) is 12.4. The van der Waals surface area contributed by atoms with Crippen LogP contribution in [0.1, 0.15) is 24.8 Å². The first kappa shape index (κ1) is 14.1. The zero-order chi connectivity index (χ0) is 14.5. The van der Waals surface area contributed by atoms with Crippen molar-refractivity contribution in [3.8, 4) is 11.4 Å². The molecule has 1 fully saturated rings. The molecule has 0 aliphatic carbocycles. The molecule has 0 spiro atoms. The third-order valence-corrected chi connectivity index (χ3v) is 3.97. The van der Waals surface area contributed by atoms with Crippen molar-refractivity contribution < 1.29 is 4.52 Å². The molecule has 2 aromatic rings. The molecule has 1 aliphatic rings. The molecule has 1 aromatic heterocycles. The molecule has 5 nitrogen and oxygen atoms in total. The molecular weight excluding hydrogens is 264 g/mol. The third-order valence-electron chi connectivity index (χ3n) is 3.97. The molecule has 1 aliphatic heterocycles. The van der Waals surface area contributed by atoms with Crippen LogP contribution in [0, 0.1) is 12.8 Å². The van der Waals surface area contributed by atoms with Gasteiger partial charge in [0.25, 0.3) is 0 Å². The molecule has 0 bridgehead atoms. The molecule has 0 amide bonds. The lowest BCUT2D eigenvalue weighted by molar-refractivity contribution is 0.422. The maximum Gasteiger partial charge on any atom is 0.321 e. The molecule has 1 saturated heterocycles. The number of nitrogens with zero attached hydrogens (tertiary/aromatic N) is 2. The van der Waals surface area contributed by atoms with E-state index in [1.807, 2.05) is 12.1 Å². The first-order valence-electron chi connectivity index (χ1n) is 7.66. The average Bonchev–Trinajstić information content (AvgIpc) is 2.81. The Labute approximate surface area is 125 Å². The number of hydrogen-bond donors (Lipinski definition) is 2. The summed E-state index contributed by atoms with van der Waals surface area (Å²) in [5.74, 6) is 1.31. The normalized spacial score (nSPS) is 19.2. The van der Waals surface area contributed by atoms with E-state index in [0.29, 0.717) is 17.8 Å². The van der Waals surface area contributed by atoms with E-state index in [1.165, 1.54) is 24.8 Å². The molecule has 1 unspecified atom stereocenters. The predicted octanol–water partition coefficient (Wildman–Crippen LogP) is 2.85. The highest BCUT2D eigenvalue weighted by Gasteiger charge is 2.14. The van der Waals surface area contributed by atoms with Crippen LogP contribution in [0.4, 0.5) is 6.01 Å². The van der Waals surface area contributed by atoms with Gasteiger partial charge in [0.15, 0.2) is 0 Å². The highest BCUT2D eigenvalue weighted by Crippen LogP contribution is 2.19. The Morgan fingerprint density at radius 3 is 2.95 bits per heavy atom. The van der Waals surface area contributed by atoms with Crippen LogP contribution in [0.2, 0.25) is 0 Å². The first-order chi connectivity index (χ1) is 10.3. The van der Waals surface area contributed by atoms with Gasteiger partial charge in [-0.15, -0.1) is 0 Å². The van der Waals surface area contributed by atoms with Crippen molar-refractivity contribution in [1.82, 2.24) is 15.5 Å². The lowest BCUT2D eigenvalue weighted by Gasteiger charge is -2.12. The van der Waals surface area contributed by atoms with Gasteiger partial charge in [-0.3, -0.25) is 0 Å². The fraction of sp³-hybridized carbons (Fsp3) is 0.500. The topological polar surface area (TPSA) is 63.0 Å². The van der Waals surface area contributed by atoms with Gasteiger partial charge in [0, 0.05) is 12.1 Å².